The average molecular weight is 467 g/mol. The maximum Gasteiger partial charge on any atom is 0.248 e. The van der Waals surface area contributed by atoms with Crippen molar-refractivity contribution in [2.45, 2.75) is 24.7 Å². The van der Waals surface area contributed by atoms with Gasteiger partial charge in [0.05, 0.1) is 20.9 Å². The fourth-order valence-electron chi connectivity index (χ4n) is 2.70. The van der Waals surface area contributed by atoms with Gasteiger partial charge in [-0.25, -0.2) is 8.42 Å². The van der Waals surface area contributed by atoms with Gasteiger partial charge in [-0.3, -0.25) is 4.79 Å². The van der Waals surface area contributed by atoms with Crippen LogP contribution in [0.25, 0.3) is 10.2 Å². The first-order valence-corrected chi connectivity index (χ1v) is 11.6. The molecule has 0 aliphatic carbocycles. The van der Waals surface area contributed by atoms with E-state index in [4.69, 9.17) is 0 Å². The van der Waals surface area contributed by atoms with Crippen LogP contribution in [0.1, 0.15) is 18.4 Å². The molecule has 3 aromatic rings. The Bertz CT molecular complexity index is 1160. The number of benzene rings is 2. The molecule has 0 saturated carbocycles. The quantitative estimate of drug-likeness (QED) is 0.570. The monoisotopic (exact) mass is 466 g/mol. The Hall–Kier alpha value is -1.77. The van der Waals surface area contributed by atoms with Crippen molar-refractivity contribution < 1.29 is 13.2 Å². The highest BCUT2D eigenvalue weighted by Crippen LogP contribution is 2.24. The molecule has 27 heavy (non-hydrogen) atoms. The summed E-state index contributed by atoms with van der Waals surface area (Å²) in [5.74, 6) is -0.381. The number of thiazole rings is 1. The lowest BCUT2D eigenvalue weighted by Gasteiger charge is -2.04. The Balaban J connectivity index is 1.70. The van der Waals surface area contributed by atoms with E-state index in [0.29, 0.717) is 9.70 Å². The van der Waals surface area contributed by atoms with Crippen LogP contribution in [0.4, 0.5) is 0 Å². The van der Waals surface area contributed by atoms with Gasteiger partial charge in [0.15, 0.2) is 14.6 Å². The number of para-hydroxylation sites is 1. The van der Waals surface area contributed by atoms with Crippen LogP contribution < -0.4 is 4.80 Å². The Morgan fingerprint density at radius 2 is 1.89 bits per heavy atom. The molecule has 0 radical (unpaired) electrons. The van der Waals surface area contributed by atoms with Crippen LogP contribution in [-0.2, 0) is 21.7 Å². The number of hydrogen-bond donors (Lipinski definition) is 0. The van der Waals surface area contributed by atoms with Crippen LogP contribution in [0, 0.1) is 6.92 Å². The number of rotatable bonds is 5. The second kappa shape index (κ2) is 8.08. The second-order valence-electron chi connectivity index (χ2n) is 6.27. The predicted molar refractivity (Wildman–Crippen MR) is 112 cm³/mol. The van der Waals surface area contributed by atoms with Gasteiger partial charge >= 0.3 is 0 Å². The molecule has 0 aliphatic heterocycles. The van der Waals surface area contributed by atoms with Gasteiger partial charge in [-0.1, -0.05) is 35.1 Å². The fourth-order valence-corrected chi connectivity index (χ4v) is 5.84. The summed E-state index contributed by atoms with van der Waals surface area (Å²) in [6, 6.07) is 12.6. The standard InChI is InChI=1S/C19H19BrN2O3S2/c1-13-8-10-14(11-9-13)27(24,25)12-4-7-17(23)21-19-22(2)18-15(20)5-3-6-16(18)26-19/h3,5-6,8-11H,4,7,12H2,1-2H3. The molecular weight excluding hydrogens is 448 g/mol. The van der Waals surface area contributed by atoms with Crippen molar-refractivity contribution in [2.75, 3.05) is 5.75 Å². The minimum atomic E-state index is -3.38. The second-order valence-corrected chi connectivity index (χ2v) is 10.2. The van der Waals surface area contributed by atoms with E-state index in [1.165, 1.54) is 11.3 Å². The molecule has 0 N–H and O–H groups in total. The van der Waals surface area contributed by atoms with Crippen LogP contribution in [0.2, 0.25) is 0 Å². The highest BCUT2D eigenvalue weighted by atomic mass is 79.9. The van der Waals surface area contributed by atoms with Gasteiger partial charge in [-0.2, -0.15) is 4.99 Å². The minimum Gasteiger partial charge on any atom is -0.318 e. The Morgan fingerprint density at radius 3 is 2.56 bits per heavy atom. The molecule has 0 bridgehead atoms. The van der Waals surface area contributed by atoms with Crippen LogP contribution in [-0.4, -0.2) is 24.6 Å². The number of fused-ring (bicyclic) bond motifs is 1. The van der Waals surface area contributed by atoms with E-state index in [0.717, 1.165) is 20.3 Å². The summed E-state index contributed by atoms with van der Waals surface area (Å²) in [6.45, 7) is 1.91. The number of sulfone groups is 1. The molecule has 3 rings (SSSR count). The third kappa shape index (κ3) is 4.56. The molecule has 0 aliphatic rings. The number of aromatic nitrogens is 1. The zero-order valence-electron chi connectivity index (χ0n) is 15.0. The number of aryl methyl sites for hydroxylation is 2. The molecule has 2 aromatic carbocycles. The highest BCUT2D eigenvalue weighted by molar-refractivity contribution is 9.10. The number of amides is 1. The van der Waals surface area contributed by atoms with Crippen LogP contribution in [0.5, 0.6) is 0 Å². The van der Waals surface area contributed by atoms with Crippen molar-refractivity contribution in [3.8, 4) is 0 Å². The van der Waals surface area contributed by atoms with Crippen LogP contribution in [0.15, 0.2) is 56.8 Å². The zero-order valence-corrected chi connectivity index (χ0v) is 18.2. The summed E-state index contributed by atoms with van der Waals surface area (Å²) >= 11 is 4.94. The topological polar surface area (TPSA) is 68.5 Å². The third-order valence-corrected chi connectivity index (χ3v) is 7.73. The molecule has 0 atom stereocenters. The smallest absolute Gasteiger partial charge is 0.248 e. The number of halogens is 1. The van der Waals surface area contributed by atoms with Crippen molar-refractivity contribution in [3.63, 3.8) is 0 Å². The third-order valence-electron chi connectivity index (χ3n) is 4.18. The van der Waals surface area contributed by atoms with E-state index >= 15 is 0 Å². The summed E-state index contributed by atoms with van der Waals surface area (Å²) in [5, 5.41) is 0. The zero-order chi connectivity index (χ0) is 19.6. The van der Waals surface area contributed by atoms with E-state index in [9.17, 15) is 13.2 Å². The van der Waals surface area contributed by atoms with Crippen molar-refractivity contribution in [2.24, 2.45) is 12.0 Å². The van der Waals surface area contributed by atoms with E-state index in [1.54, 1.807) is 24.3 Å². The predicted octanol–water partition coefficient (Wildman–Crippen LogP) is 3.99. The number of carbonyl (C=O) groups excluding carboxylic acids is 1. The number of nitrogens with zero attached hydrogens (tertiary/aromatic N) is 2. The molecule has 5 nitrogen and oxygen atoms in total. The van der Waals surface area contributed by atoms with Crippen molar-refractivity contribution in [1.82, 2.24) is 4.57 Å². The number of hydrogen-bond acceptors (Lipinski definition) is 4. The lowest BCUT2D eigenvalue weighted by Crippen LogP contribution is -2.14. The van der Waals surface area contributed by atoms with Gasteiger partial charge in [0.25, 0.3) is 0 Å². The van der Waals surface area contributed by atoms with Gasteiger partial charge in [0.2, 0.25) is 5.91 Å². The molecule has 1 amide bonds. The van der Waals surface area contributed by atoms with Crippen molar-refractivity contribution >= 4 is 53.2 Å². The lowest BCUT2D eigenvalue weighted by molar-refractivity contribution is -0.118. The molecule has 1 aromatic heterocycles. The van der Waals surface area contributed by atoms with Gasteiger partial charge < -0.3 is 4.57 Å². The molecule has 142 valence electrons. The van der Waals surface area contributed by atoms with Crippen molar-refractivity contribution in [3.05, 3.63) is 57.3 Å². The first-order valence-electron chi connectivity index (χ1n) is 8.39. The first-order chi connectivity index (χ1) is 12.8. The molecule has 0 spiro atoms. The van der Waals surface area contributed by atoms with E-state index < -0.39 is 9.84 Å². The van der Waals surface area contributed by atoms with Crippen molar-refractivity contribution in [1.29, 1.82) is 0 Å². The maximum absolute atomic E-state index is 12.3. The number of carbonyl (C=O) groups is 1. The molecule has 1 heterocycles. The fraction of sp³-hybridized carbons (Fsp3) is 0.263. The van der Waals surface area contributed by atoms with Crippen LogP contribution in [0.3, 0.4) is 0 Å². The summed E-state index contributed by atoms with van der Waals surface area (Å²) in [6.07, 6.45) is 0.345. The molecule has 0 unspecified atom stereocenters. The largest absolute Gasteiger partial charge is 0.318 e. The van der Waals surface area contributed by atoms with Gasteiger partial charge in [-0.05, 0) is 53.5 Å². The van der Waals surface area contributed by atoms with E-state index in [-0.39, 0.29) is 24.5 Å². The average Bonchev–Trinajstić information content (AvgIpc) is 2.92. The van der Waals surface area contributed by atoms with Gasteiger partial charge in [0, 0.05) is 17.9 Å². The SMILES string of the molecule is Cc1ccc(S(=O)(=O)CCCC(=O)N=c2sc3cccc(Br)c3n2C)cc1. The van der Waals surface area contributed by atoms with Gasteiger partial charge in [0.1, 0.15) is 0 Å². The normalized spacial score (nSPS) is 12.6. The summed E-state index contributed by atoms with van der Waals surface area (Å²) < 4.78 is 28.5. The summed E-state index contributed by atoms with van der Waals surface area (Å²) in [5.41, 5.74) is 1.99. The maximum atomic E-state index is 12.3. The molecule has 0 fully saturated rings. The molecular formula is C19H19BrN2O3S2. The van der Waals surface area contributed by atoms with Gasteiger partial charge in [-0.15, -0.1) is 0 Å². The van der Waals surface area contributed by atoms with E-state index in [2.05, 4.69) is 20.9 Å². The highest BCUT2D eigenvalue weighted by Gasteiger charge is 2.15. The lowest BCUT2D eigenvalue weighted by atomic mass is 10.2. The Kier molecular flexibility index (Phi) is 5.98. The molecule has 0 saturated heterocycles. The van der Waals surface area contributed by atoms with E-state index in [1.807, 2.05) is 36.7 Å². The minimum absolute atomic E-state index is 0.0680. The Morgan fingerprint density at radius 1 is 1.19 bits per heavy atom. The summed E-state index contributed by atoms with van der Waals surface area (Å²) in [4.78, 5) is 17.3. The summed E-state index contributed by atoms with van der Waals surface area (Å²) in [7, 11) is -1.52. The Labute approximate surface area is 170 Å². The van der Waals surface area contributed by atoms with Crippen LogP contribution >= 0.6 is 27.3 Å². The molecule has 8 heteroatoms. The first kappa shape index (κ1) is 20.0.